The molecule has 0 saturated heterocycles. The summed E-state index contributed by atoms with van der Waals surface area (Å²) in [4.78, 5) is 24.7. The first-order chi connectivity index (χ1) is 20.9. The molecule has 0 spiro atoms. The molecule has 0 aromatic heterocycles. The Morgan fingerprint density at radius 3 is 2.09 bits per heavy atom. The minimum Gasteiger partial charge on any atom is -0.494 e. The molecular formula is C31H37N3O9S. The van der Waals surface area contributed by atoms with Crippen LogP contribution in [0.5, 0.6) is 23.0 Å². The standard InChI is InChI=1S/C31H37N3O9S/c1-7-41-24-14-10-23(11-15-24)34(44(37,38)26-16-17-27(39-5)28(18-26)40-6)20-29(35)33-32-19-22-8-12-25(13-9-22)42-21-30(36)43-31(2,3)4/h8-19H,7,20-21H2,1-6H3,(H,33,35)/b32-19-. The maximum Gasteiger partial charge on any atom is 0.344 e. The summed E-state index contributed by atoms with van der Waals surface area (Å²) < 4.78 is 55.1. The molecule has 44 heavy (non-hydrogen) atoms. The van der Waals surface area contributed by atoms with Crippen LogP contribution in [0, 0.1) is 0 Å². The molecule has 236 valence electrons. The number of esters is 1. The average molecular weight is 628 g/mol. The molecule has 0 fully saturated rings. The van der Waals surface area contributed by atoms with E-state index in [4.69, 9.17) is 23.7 Å². The van der Waals surface area contributed by atoms with E-state index in [0.717, 1.165) is 4.31 Å². The first-order valence-corrected chi connectivity index (χ1v) is 15.0. The molecule has 0 bridgehead atoms. The van der Waals surface area contributed by atoms with Gasteiger partial charge >= 0.3 is 5.97 Å². The minimum atomic E-state index is -4.24. The highest BCUT2D eigenvalue weighted by molar-refractivity contribution is 7.92. The number of sulfonamides is 1. The number of hydrogen-bond donors (Lipinski definition) is 1. The van der Waals surface area contributed by atoms with Gasteiger partial charge in [-0.2, -0.15) is 5.10 Å². The topological polar surface area (TPSA) is 142 Å². The monoisotopic (exact) mass is 627 g/mol. The van der Waals surface area contributed by atoms with E-state index in [-0.39, 0.29) is 22.9 Å². The summed E-state index contributed by atoms with van der Waals surface area (Å²) in [5, 5.41) is 3.96. The van der Waals surface area contributed by atoms with E-state index in [9.17, 15) is 18.0 Å². The fraction of sp³-hybridized carbons (Fsp3) is 0.323. The maximum atomic E-state index is 13.8. The van der Waals surface area contributed by atoms with Gasteiger partial charge in [0.2, 0.25) is 0 Å². The van der Waals surface area contributed by atoms with E-state index in [2.05, 4.69) is 10.5 Å². The lowest BCUT2D eigenvalue weighted by Crippen LogP contribution is -2.39. The fourth-order valence-corrected chi connectivity index (χ4v) is 5.24. The van der Waals surface area contributed by atoms with E-state index in [1.807, 2.05) is 6.92 Å². The number of nitrogens with one attached hydrogen (secondary N) is 1. The Morgan fingerprint density at radius 1 is 0.886 bits per heavy atom. The number of methoxy groups -OCH3 is 2. The molecule has 3 aromatic carbocycles. The molecule has 12 nitrogen and oxygen atoms in total. The molecule has 0 aliphatic rings. The van der Waals surface area contributed by atoms with Gasteiger partial charge in [-0.1, -0.05) is 0 Å². The van der Waals surface area contributed by atoms with Crippen molar-refractivity contribution in [2.75, 3.05) is 38.3 Å². The van der Waals surface area contributed by atoms with Crippen LogP contribution >= 0.6 is 0 Å². The Hall–Kier alpha value is -4.78. The smallest absolute Gasteiger partial charge is 0.344 e. The second-order valence-corrected chi connectivity index (χ2v) is 12.1. The zero-order valence-corrected chi connectivity index (χ0v) is 26.3. The number of carbonyl (C=O) groups excluding carboxylic acids is 2. The molecule has 13 heteroatoms. The lowest BCUT2D eigenvalue weighted by molar-refractivity contribution is -0.157. The van der Waals surface area contributed by atoms with Gasteiger partial charge in [-0.05, 0) is 93.9 Å². The Balaban J connectivity index is 1.73. The molecule has 0 atom stereocenters. The number of nitrogens with zero attached hydrogens (tertiary/aromatic N) is 2. The zero-order chi connectivity index (χ0) is 32.3. The van der Waals surface area contributed by atoms with E-state index >= 15 is 0 Å². The van der Waals surface area contributed by atoms with Crippen molar-refractivity contribution in [3.63, 3.8) is 0 Å². The average Bonchev–Trinajstić information content (AvgIpc) is 2.99. The summed E-state index contributed by atoms with van der Waals surface area (Å²) >= 11 is 0. The number of hydrogen-bond acceptors (Lipinski definition) is 10. The molecule has 1 amide bonds. The minimum absolute atomic E-state index is 0.102. The number of benzene rings is 3. The third-order valence-electron chi connectivity index (χ3n) is 5.73. The quantitative estimate of drug-likeness (QED) is 0.158. The lowest BCUT2D eigenvalue weighted by Gasteiger charge is -2.24. The van der Waals surface area contributed by atoms with E-state index < -0.39 is 34.0 Å². The molecule has 0 heterocycles. The van der Waals surface area contributed by atoms with Crippen molar-refractivity contribution in [3.05, 3.63) is 72.3 Å². The molecule has 1 N–H and O–H groups in total. The molecule has 0 saturated carbocycles. The first kappa shape index (κ1) is 33.7. The Morgan fingerprint density at radius 2 is 1.50 bits per heavy atom. The van der Waals surface area contributed by atoms with Crippen molar-refractivity contribution >= 4 is 33.8 Å². The summed E-state index contributed by atoms with van der Waals surface area (Å²) in [7, 11) is -1.40. The van der Waals surface area contributed by atoms with Gasteiger partial charge in [-0.15, -0.1) is 0 Å². The van der Waals surface area contributed by atoms with Gasteiger partial charge in [0, 0.05) is 6.07 Å². The van der Waals surface area contributed by atoms with Crippen LogP contribution in [0.4, 0.5) is 5.69 Å². The summed E-state index contributed by atoms with van der Waals surface area (Å²) in [6, 6.07) is 17.1. The Kier molecular flexibility index (Phi) is 11.6. The molecule has 0 aliphatic heterocycles. The van der Waals surface area contributed by atoms with Crippen LogP contribution in [-0.2, 0) is 24.3 Å². The van der Waals surface area contributed by atoms with Crippen molar-refractivity contribution in [2.24, 2.45) is 5.10 Å². The molecule has 0 unspecified atom stereocenters. The van der Waals surface area contributed by atoms with Crippen molar-refractivity contribution < 1.29 is 41.7 Å². The number of ether oxygens (including phenoxy) is 5. The molecule has 0 radical (unpaired) electrons. The van der Waals surface area contributed by atoms with Gasteiger partial charge in [0.05, 0.1) is 37.6 Å². The molecular weight excluding hydrogens is 590 g/mol. The summed E-state index contributed by atoms with van der Waals surface area (Å²) in [5.41, 5.74) is 2.62. The Labute approximate surface area is 257 Å². The zero-order valence-electron chi connectivity index (χ0n) is 25.5. The number of hydrazone groups is 1. The van der Waals surface area contributed by atoms with E-state index in [1.165, 1.54) is 38.6 Å². The summed E-state index contributed by atoms with van der Waals surface area (Å²) in [6.07, 6.45) is 1.39. The number of carbonyl (C=O) groups is 2. The highest BCUT2D eigenvalue weighted by Crippen LogP contribution is 2.32. The van der Waals surface area contributed by atoms with Crippen LogP contribution in [-0.4, -0.2) is 66.1 Å². The Bertz CT molecular complexity index is 1550. The lowest BCUT2D eigenvalue weighted by atomic mass is 10.2. The van der Waals surface area contributed by atoms with Crippen LogP contribution < -0.4 is 28.7 Å². The largest absolute Gasteiger partial charge is 0.494 e. The van der Waals surface area contributed by atoms with Gasteiger partial charge in [-0.3, -0.25) is 9.10 Å². The molecule has 3 rings (SSSR count). The third kappa shape index (κ3) is 9.63. The van der Waals surface area contributed by atoms with Crippen molar-refractivity contribution in [2.45, 2.75) is 38.2 Å². The van der Waals surface area contributed by atoms with E-state index in [0.29, 0.717) is 29.4 Å². The molecule has 3 aromatic rings. The number of rotatable bonds is 14. The number of anilines is 1. The van der Waals surface area contributed by atoms with Crippen molar-refractivity contribution in [3.8, 4) is 23.0 Å². The molecule has 0 aliphatic carbocycles. The number of amides is 1. The highest BCUT2D eigenvalue weighted by atomic mass is 32.2. The normalized spacial score (nSPS) is 11.5. The van der Waals surface area contributed by atoms with Crippen LogP contribution in [0.3, 0.4) is 0 Å². The van der Waals surface area contributed by atoms with Crippen molar-refractivity contribution in [1.29, 1.82) is 0 Å². The van der Waals surface area contributed by atoms with Gasteiger partial charge in [0.25, 0.3) is 15.9 Å². The third-order valence-corrected chi connectivity index (χ3v) is 7.50. The van der Waals surface area contributed by atoms with Gasteiger partial charge in [0.1, 0.15) is 23.6 Å². The fourth-order valence-electron chi connectivity index (χ4n) is 3.80. The van der Waals surface area contributed by atoms with Crippen LogP contribution in [0.2, 0.25) is 0 Å². The van der Waals surface area contributed by atoms with Crippen LogP contribution in [0.1, 0.15) is 33.3 Å². The summed E-state index contributed by atoms with van der Waals surface area (Å²) in [5.74, 6) is 0.400. The van der Waals surface area contributed by atoms with Crippen LogP contribution in [0.25, 0.3) is 0 Å². The first-order valence-electron chi connectivity index (χ1n) is 13.6. The van der Waals surface area contributed by atoms with Crippen LogP contribution in [0.15, 0.2) is 76.7 Å². The van der Waals surface area contributed by atoms with Gasteiger partial charge < -0.3 is 23.7 Å². The van der Waals surface area contributed by atoms with Gasteiger partial charge in [-0.25, -0.2) is 18.6 Å². The SMILES string of the molecule is CCOc1ccc(N(CC(=O)N/N=C\c2ccc(OCC(=O)OC(C)(C)C)cc2)S(=O)(=O)c2ccc(OC)c(OC)c2)cc1. The predicted molar refractivity (Wildman–Crippen MR) is 165 cm³/mol. The second-order valence-electron chi connectivity index (χ2n) is 10.2. The highest BCUT2D eigenvalue weighted by Gasteiger charge is 2.28. The summed E-state index contributed by atoms with van der Waals surface area (Å²) in [6.45, 7) is 6.78. The predicted octanol–water partition coefficient (Wildman–Crippen LogP) is 4.17. The maximum absolute atomic E-state index is 13.8. The van der Waals surface area contributed by atoms with Crippen molar-refractivity contribution in [1.82, 2.24) is 5.43 Å². The van der Waals surface area contributed by atoms with Gasteiger partial charge in [0.15, 0.2) is 18.1 Å². The second kappa shape index (κ2) is 15.1. The van der Waals surface area contributed by atoms with E-state index in [1.54, 1.807) is 69.3 Å².